The molecule has 146 valence electrons. The number of carbonyl (C=O) groups is 1. The number of hydrogen-bond acceptors (Lipinski definition) is 4. The Kier molecular flexibility index (Phi) is 5.25. The summed E-state index contributed by atoms with van der Waals surface area (Å²) in [4.78, 5) is 22.0. The number of piperazine rings is 1. The number of amides is 1. The average Bonchev–Trinajstić information content (AvgIpc) is 3.17. The lowest BCUT2D eigenvalue weighted by Gasteiger charge is -2.34. The van der Waals surface area contributed by atoms with Crippen molar-refractivity contribution in [3.05, 3.63) is 59.7 Å². The van der Waals surface area contributed by atoms with Gasteiger partial charge >= 0.3 is 0 Å². The summed E-state index contributed by atoms with van der Waals surface area (Å²) in [5.41, 5.74) is 2.11. The van der Waals surface area contributed by atoms with Crippen molar-refractivity contribution in [2.24, 2.45) is 0 Å². The van der Waals surface area contributed by atoms with Crippen molar-refractivity contribution in [1.29, 1.82) is 0 Å². The van der Waals surface area contributed by atoms with Gasteiger partial charge in [-0.2, -0.15) is 0 Å². The van der Waals surface area contributed by atoms with Crippen molar-refractivity contribution in [3.63, 3.8) is 0 Å². The molecule has 1 saturated heterocycles. The SMILES string of the molecule is COc1ccc(C2CN(C(=O)CCc3nc4c(F)cccc4[nH]3)CCN2)cc1. The highest BCUT2D eigenvalue weighted by molar-refractivity contribution is 5.78. The number of aromatic amines is 1. The molecule has 4 rings (SSSR count). The molecule has 1 aliphatic heterocycles. The first kappa shape index (κ1) is 18.4. The number of nitrogens with one attached hydrogen (secondary N) is 2. The fourth-order valence-electron chi connectivity index (χ4n) is 3.59. The fraction of sp³-hybridized carbons (Fsp3) is 0.333. The smallest absolute Gasteiger partial charge is 0.223 e. The Morgan fingerprint density at radius 3 is 2.86 bits per heavy atom. The topological polar surface area (TPSA) is 70.2 Å². The summed E-state index contributed by atoms with van der Waals surface area (Å²) in [5.74, 6) is 1.18. The van der Waals surface area contributed by atoms with Gasteiger partial charge in [0, 0.05) is 38.5 Å². The first-order valence-corrected chi connectivity index (χ1v) is 9.42. The largest absolute Gasteiger partial charge is 0.497 e. The van der Waals surface area contributed by atoms with Crippen LogP contribution in [0.1, 0.15) is 23.9 Å². The van der Waals surface area contributed by atoms with Gasteiger partial charge in [-0.25, -0.2) is 9.37 Å². The van der Waals surface area contributed by atoms with Crippen LogP contribution in [-0.2, 0) is 11.2 Å². The van der Waals surface area contributed by atoms with Crippen LogP contribution in [0.15, 0.2) is 42.5 Å². The number of nitrogens with zero attached hydrogens (tertiary/aromatic N) is 2. The second-order valence-electron chi connectivity index (χ2n) is 6.94. The molecule has 2 N–H and O–H groups in total. The molecule has 28 heavy (non-hydrogen) atoms. The minimum atomic E-state index is -0.351. The Morgan fingerprint density at radius 2 is 2.11 bits per heavy atom. The summed E-state index contributed by atoms with van der Waals surface area (Å²) < 4.78 is 19.0. The maximum absolute atomic E-state index is 13.8. The summed E-state index contributed by atoms with van der Waals surface area (Å²) in [7, 11) is 1.64. The Morgan fingerprint density at radius 1 is 1.29 bits per heavy atom. The van der Waals surface area contributed by atoms with Gasteiger partial charge in [-0.3, -0.25) is 4.79 Å². The van der Waals surface area contributed by atoms with Crippen LogP contribution in [0.3, 0.4) is 0 Å². The van der Waals surface area contributed by atoms with E-state index in [1.54, 1.807) is 19.2 Å². The van der Waals surface area contributed by atoms with E-state index < -0.39 is 0 Å². The maximum Gasteiger partial charge on any atom is 0.223 e. The van der Waals surface area contributed by atoms with Crippen LogP contribution in [0.2, 0.25) is 0 Å². The summed E-state index contributed by atoms with van der Waals surface area (Å²) in [6.45, 7) is 2.05. The molecule has 0 bridgehead atoms. The van der Waals surface area contributed by atoms with Crippen LogP contribution in [0.4, 0.5) is 4.39 Å². The highest BCUT2D eigenvalue weighted by atomic mass is 19.1. The number of ether oxygens (including phenoxy) is 1. The number of rotatable bonds is 5. The number of methoxy groups -OCH3 is 1. The van der Waals surface area contributed by atoms with Gasteiger partial charge in [0.2, 0.25) is 5.91 Å². The number of halogens is 1. The van der Waals surface area contributed by atoms with E-state index in [9.17, 15) is 9.18 Å². The summed E-state index contributed by atoms with van der Waals surface area (Å²) >= 11 is 0. The van der Waals surface area contributed by atoms with Gasteiger partial charge in [-0.15, -0.1) is 0 Å². The van der Waals surface area contributed by atoms with Crippen molar-refractivity contribution in [2.45, 2.75) is 18.9 Å². The first-order valence-electron chi connectivity index (χ1n) is 9.42. The van der Waals surface area contributed by atoms with Crippen LogP contribution in [0, 0.1) is 5.82 Å². The van der Waals surface area contributed by atoms with E-state index in [-0.39, 0.29) is 17.8 Å². The van der Waals surface area contributed by atoms with Gasteiger partial charge in [0.05, 0.1) is 12.6 Å². The van der Waals surface area contributed by atoms with E-state index in [4.69, 9.17) is 4.74 Å². The zero-order valence-electron chi connectivity index (χ0n) is 15.7. The van der Waals surface area contributed by atoms with Crippen molar-refractivity contribution in [1.82, 2.24) is 20.2 Å². The number of carbonyl (C=O) groups excluding carboxylic acids is 1. The van der Waals surface area contributed by atoms with Crippen molar-refractivity contribution in [3.8, 4) is 5.75 Å². The minimum absolute atomic E-state index is 0.0842. The molecule has 1 aromatic heterocycles. The van der Waals surface area contributed by atoms with Crippen LogP contribution in [0.25, 0.3) is 11.0 Å². The fourth-order valence-corrected chi connectivity index (χ4v) is 3.59. The summed E-state index contributed by atoms with van der Waals surface area (Å²) in [5, 5.41) is 3.46. The van der Waals surface area contributed by atoms with Crippen LogP contribution < -0.4 is 10.1 Å². The summed E-state index contributed by atoms with van der Waals surface area (Å²) in [6, 6.07) is 12.8. The number of hydrogen-bond donors (Lipinski definition) is 2. The van der Waals surface area contributed by atoms with Gasteiger partial charge in [-0.05, 0) is 29.8 Å². The van der Waals surface area contributed by atoms with Crippen molar-refractivity contribution in [2.75, 3.05) is 26.7 Å². The molecule has 0 spiro atoms. The van der Waals surface area contributed by atoms with Crippen LogP contribution in [0.5, 0.6) is 5.75 Å². The van der Waals surface area contributed by atoms with Gasteiger partial charge in [-0.1, -0.05) is 18.2 Å². The molecule has 0 saturated carbocycles. The second-order valence-corrected chi connectivity index (χ2v) is 6.94. The van der Waals surface area contributed by atoms with Gasteiger partial charge < -0.3 is 19.9 Å². The van der Waals surface area contributed by atoms with E-state index in [1.807, 2.05) is 29.2 Å². The molecular formula is C21H23FN4O2. The van der Waals surface area contributed by atoms with Crippen molar-refractivity contribution >= 4 is 16.9 Å². The monoisotopic (exact) mass is 382 g/mol. The Bertz CT molecular complexity index is 970. The predicted octanol–water partition coefficient (Wildman–Crippen LogP) is 2.82. The third-order valence-electron chi connectivity index (χ3n) is 5.13. The number of aryl methyl sites for hydroxylation is 1. The maximum atomic E-state index is 13.8. The van der Waals surface area contributed by atoms with Gasteiger partial charge in [0.25, 0.3) is 0 Å². The summed E-state index contributed by atoms with van der Waals surface area (Å²) in [6.07, 6.45) is 0.806. The molecule has 7 heteroatoms. The number of benzene rings is 2. The lowest BCUT2D eigenvalue weighted by atomic mass is 10.0. The molecule has 0 radical (unpaired) electrons. The van der Waals surface area contributed by atoms with Crippen LogP contribution >= 0.6 is 0 Å². The molecule has 2 heterocycles. The average molecular weight is 382 g/mol. The molecular weight excluding hydrogens is 359 g/mol. The molecule has 2 aromatic carbocycles. The molecule has 3 aromatic rings. The van der Waals surface area contributed by atoms with E-state index in [2.05, 4.69) is 15.3 Å². The lowest BCUT2D eigenvalue weighted by molar-refractivity contribution is -0.132. The molecule has 1 amide bonds. The van der Waals surface area contributed by atoms with E-state index >= 15 is 0 Å². The second kappa shape index (κ2) is 7.98. The van der Waals surface area contributed by atoms with E-state index in [0.717, 1.165) is 17.9 Å². The van der Waals surface area contributed by atoms with Gasteiger partial charge in [0.1, 0.15) is 17.1 Å². The highest BCUT2D eigenvalue weighted by Gasteiger charge is 2.24. The zero-order valence-corrected chi connectivity index (χ0v) is 15.7. The molecule has 1 atom stereocenters. The standard InChI is InChI=1S/C21H23FN4O2/c1-28-15-7-5-14(6-8-15)18-13-26(12-11-23-18)20(27)10-9-19-24-17-4-2-3-16(22)21(17)25-19/h2-8,18,23H,9-13H2,1H3,(H,24,25). The normalized spacial score (nSPS) is 17.1. The number of H-pyrrole nitrogens is 1. The molecule has 1 aliphatic rings. The number of para-hydroxylation sites is 1. The number of fused-ring (bicyclic) bond motifs is 1. The number of aromatic nitrogens is 2. The molecule has 1 fully saturated rings. The van der Waals surface area contributed by atoms with E-state index in [0.29, 0.717) is 42.8 Å². The zero-order chi connectivity index (χ0) is 19.5. The Labute approximate surface area is 162 Å². The third-order valence-corrected chi connectivity index (χ3v) is 5.13. The van der Waals surface area contributed by atoms with Crippen molar-refractivity contribution < 1.29 is 13.9 Å². The Hall–Kier alpha value is -2.93. The highest BCUT2D eigenvalue weighted by Crippen LogP contribution is 2.21. The quantitative estimate of drug-likeness (QED) is 0.712. The van der Waals surface area contributed by atoms with E-state index in [1.165, 1.54) is 6.07 Å². The lowest BCUT2D eigenvalue weighted by Crippen LogP contribution is -2.48. The minimum Gasteiger partial charge on any atom is -0.497 e. The molecule has 0 aliphatic carbocycles. The molecule has 1 unspecified atom stereocenters. The van der Waals surface area contributed by atoms with Crippen LogP contribution in [-0.4, -0.2) is 47.5 Å². The first-order chi connectivity index (χ1) is 13.6. The number of imidazole rings is 1. The predicted molar refractivity (Wildman–Crippen MR) is 105 cm³/mol. The third kappa shape index (κ3) is 3.84. The Balaban J connectivity index is 1.37. The van der Waals surface area contributed by atoms with Gasteiger partial charge in [0.15, 0.2) is 5.82 Å². The molecule has 6 nitrogen and oxygen atoms in total.